The van der Waals surface area contributed by atoms with E-state index in [1.165, 1.54) is 0 Å². The summed E-state index contributed by atoms with van der Waals surface area (Å²) in [6.45, 7) is 0. The molecule has 0 aliphatic heterocycles. The maximum Gasteiger partial charge on any atom is 0.420 e. The van der Waals surface area contributed by atoms with Crippen LogP contribution in [0.15, 0.2) is 4.90 Å². The van der Waals surface area contributed by atoms with Crippen molar-refractivity contribution in [3.63, 3.8) is 0 Å². The van der Waals surface area contributed by atoms with Gasteiger partial charge in [-0.2, -0.15) is 21.6 Å². The standard InChI is InChI=1S/C8F7NO3S/c9-3-2(8(13,14)15)7(20(17,18)19-1-16)6(12)5(11)4(3)10. The van der Waals surface area contributed by atoms with Gasteiger partial charge in [-0.05, 0) is 0 Å². The van der Waals surface area contributed by atoms with Crippen LogP contribution in [-0.4, -0.2) is 8.42 Å². The molecular formula is C8F7NO3S. The molecule has 0 spiro atoms. The van der Waals surface area contributed by atoms with Gasteiger partial charge in [0.05, 0.1) is 0 Å². The molecule has 0 aliphatic rings. The zero-order chi connectivity index (χ0) is 15.9. The van der Waals surface area contributed by atoms with Gasteiger partial charge in [0.2, 0.25) is 0 Å². The lowest BCUT2D eigenvalue weighted by molar-refractivity contribution is -0.143. The third-order valence-electron chi connectivity index (χ3n) is 1.90. The summed E-state index contributed by atoms with van der Waals surface area (Å²) in [4.78, 5) is -2.65. The number of hydrogen-bond acceptors (Lipinski definition) is 4. The van der Waals surface area contributed by atoms with E-state index in [1.54, 1.807) is 0 Å². The zero-order valence-electron chi connectivity index (χ0n) is 8.73. The smallest absolute Gasteiger partial charge is 0.299 e. The van der Waals surface area contributed by atoms with E-state index in [9.17, 15) is 39.2 Å². The fraction of sp³-hybridized carbons (Fsp3) is 0.125. The average Bonchev–Trinajstić information content (AvgIpc) is 2.28. The highest BCUT2D eigenvalue weighted by Gasteiger charge is 2.46. The summed E-state index contributed by atoms with van der Waals surface area (Å²) in [6, 6.07) is 0. The van der Waals surface area contributed by atoms with Gasteiger partial charge in [-0.1, -0.05) is 0 Å². The van der Waals surface area contributed by atoms with E-state index in [2.05, 4.69) is 4.18 Å². The predicted octanol–water partition coefficient (Wildman–Crippen LogP) is 2.45. The molecule has 0 bridgehead atoms. The fourth-order valence-corrected chi connectivity index (χ4v) is 2.14. The second kappa shape index (κ2) is 4.82. The van der Waals surface area contributed by atoms with E-state index in [0.29, 0.717) is 6.26 Å². The van der Waals surface area contributed by atoms with Crippen molar-refractivity contribution < 1.29 is 43.3 Å². The highest BCUT2D eigenvalue weighted by molar-refractivity contribution is 7.87. The highest BCUT2D eigenvalue weighted by Crippen LogP contribution is 2.40. The third-order valence-corrected chi connectivity index (χ3v) is 3.08. The quantitative estimate of drug-likeness (QED) is 0.276. The van der Waals surface area contributed by atoms with Gasteiger partial charge in [0.25, 0.3) is 0 Å². The zero-order valence-corrected chi connectivity index (χ0v) is 9.54. The Labute approximate surface area is 106 Å². The minimum Gasteiger partial charge on any atom is -0.299 e. The number of hydrogen-bond donors (Lipinski definition) is 0. The maximum atomic E-state index is 13.2. The van der Waals surface area contributed by atoms with Crippen LogP contribution in [0.3, 0.4) is 0 Å². The second-order valence-electron chi connectivity index (χ2n) is 3.09. The molecular weight excluding hydrogens is 323 g/mol. The topological polar surface area (TPSA) is 67.2 Å². The summed E-state index contributed by atoms with van der Waals surface area (Å²) in [5, 5.41) is 7.92. The molecule has 1 aromatic rings. The summed E-state index contributed by atoms with van der Waals surface area (Å²) in [5.74, 6) is -11.5. The molecule has 1 aromatic carbocycles. The first-order chi connectivity index (χ1) is 8.95. The number of nitrogens with zero attached hydrogens (tertiary/aromatic N) is 1. The Hall–Kier alpha value is -2.03. The first-order valence-corrected chi connectivity index (χ1v) is 5.61. The van der Waals surface area contributed by atoms with Crippen molar-refractivity contribution in [3.05, 3.63) is 28.8 Å². The van der Waals surface area contributed by atoms with Gasteiger partial charge >= 0.3 is 22.5 Å². The minimum absolute atomic E-state index is 0.405. The lowest BCUT2D eigenvalue weighted by Gasteiger charge is -2.14. The molecule has 4 nitrogen and oxygen atoms in total. The van der Waals surface area contributed by atoms with Gasteiger partial charge in [0, 0.05) is 0 Å². The molecule has 0 fully saturated rings. The van der Waals surface area contributed by atoms with E-state index >= 15 is 0 Å². The van der Waals surface area contributed by atoms with Gasteiger partial charge in [-0.3, -0.25) is 4.18 Å². The molecule has 0 N–H and O–H groups in total. The molecule has 0 aliphatic carbocycles. The average molecular weight is 323 g/mol. The van der Waals surface area contributed by atoms with Crippen molar-refractivity contribution in [2.45, 2.75) is 11.1 Å². The van der Waals surface area contributed by atoms with Crippen molar-refractivity contribution in [1.82, 2.24) is 0 Å². The summed E-state index contributed by atoms with van der Waals surface area (Å²) in [7, 11) is -5.82. The summed E-state index contributed by atoms with van der Waals surface area (Å²) in [5.41, 5.74) is -2.94. The normalized spacial score (nSPS) is 12.1. The summed E-state index contributed by atoms with van der Waals surface area (Å²) in [6.07, 6.45) is -5.48. The highest BCUT2D eigenvalue weighted by atomic mass is 32.2. The molecule has 0 heterocycles. The van der Waals surface area contributed by atoms with E-state index in [-0.39, 0.29) is 0 Å². The van der Waals surface area contributed by atoms with Crippen LogP contribution in [0.25, 0.3) is 0 Å². The molecule has 0 radical (unpaired) electrons. The van der Waals surface area contributed by atoms with Crippen molar-refractivity contribution in [1.29, 1.82) is 5.26 Å². The minimum atomic E-state index is -5.89. The molecule has 0 saturated carbocycles. The molecule has 0 saturated heterocycles. The van der Waals surface area contributed by atoms with Gasteiger partial charge in [0.1, 0.15) is 5.56 Å². The van der Waals surface area contributed by atoms with Gasteiger partial charge in [0.15, 0.2) is 28.2 Å². The van der Waals surface area contributed by atoms with Crippen LogP contribution < -0.4 is 0 Å². The van der Waals surface area contributed by atoms with Gasteiger partial charge in [-0.15, -0.1) is 5.26 Å². The van der Waals surface area contributed by atoms with Crippen LogP contribution in [0, 0.1) is 34.8 Å². The molecule has 20 heavy (non-hydrogen) atoms. The number of benzene rings is 1. The Morgan fingerprint density at radius 1 is 0.950 bits per heavy atom. The molecule has 0 aromatic heterocycles. The Morgan fingerprint density at radius 2 is 1.40 bits per heavy atom. The maximum absolute atomic E-state index is 13.2. The van der Waals surface area contributed by atoms with Crippen LogP contribution in [-0.2, 0) is 20.5 Å². The van der Waals surface area contributed by atoms with Crippen LogP contribution in [0.2, 0.25) is 0 Å². The monoisotopic (exact) mass is 323 g/mol. The van der Waals surface area contributed by atoms with E-state index in [0.717, 1.165) is 0 Å². The SMILES string of the molecule is N#COS(=O)(=O)c1c(F)c(F)c(F)c(F)c1C(F)(F)F. The van der Waals surface area contributed by atoms with Crippen molar-refractivity contribution in [2.75, 3.05) is 0 Å². The second-order valence-corrected chi connectivity index (χ2v) is 4.57. The van der Waals surface area contributed by atoms with E-state index in [1.807, 2.05) is 0 Å². The number of alkyl halides is 3. The van der Waals surface area contributed by atoms with Crippen LogP contribution in [0.4, 0.5) is 30.7 Å². The molecule has 110 valence electrons. The predicted molar refractivity (Wildman–Crippen MR) is 45.2 cm³/mol. The lowest BCUT2D eigenvalue weighted by atomic mass is 10.2. The summed E-state index contributed by atoms with van der Waals surface area (Å²) >= 11 is 0. The van der Waals surface area contributed by atoms with E-state index < -0.39 is 50.0 Å². The number of nitriles is 1. The van der Waals surface area contributed by atoms with Crippen LogP contribution in [0.5, 0.6) is 0 Å². The largest absolute Gasteiger partial charge is 0.420 e. The van der Waals surface area contributed by atoms with Gasteiger partial charge in [-0.25, -0.2) is 17.6 Å². The lowest BCUT2D eigenvalue weighted by Crippen LogP contribution is -2.21. The Kier molecular flexibility index (Phi) is 3.86. The molecule has 0 atom stereocenters. The molecule has 0 unspecified atom stereocenters. The number of halogens is 7. The van der Waals surface area contributed by atoms with Crippen LogP contribution in [0.1, 0.15) is 5.56 Å². The first-order valence-electron chi connectivity index (χ1n) is 4.20. The Bertz CT molecular complexity index is 704. The van der Waals surface area contributed by atoms with Crippen molar-refractivity contribution >= 4 is 10.1 Å². The van der Waals surface area contributed by atoms with Crippen molar-refractivity contribution in [3.8, 4) is 6.26 Å². The summed E-state index contributed by atoms with van der Waals surface area (Å²) < 4.78 is 115. The number of rotatable bonds is 2. The Morgan fingerprint density at radius 3 is 1.80 bits per heavy atom. The van der Waals surface area contributed by atoms with Gasteiger partial charge < -0.3 is 0 Å². The third kappa shape index (κ3) is 2.48. The van der Waals surface area contributed by atoms with E-state index in [4.69, 9.17) is 5.26 Å². The molecule has 1 rings (SSSR count). The van der Waals surface area contributed by atoms with Crippen molar-refractivity contribution in [2.24, 2.45) is 0 Å². The molecule has 0 amide bonds. The first kappa shape index (κ1) is 16.0. The molecule has 12 heteroatoms. The van der Waals surface area contributed by atoms with Crippen LogP contribution >= 0.6 is 0 Å². The Balaban J connectivity index is 3.99. The fourth-order valence-electron chi connectivity index (χ4n) is 1.19.